The average Bonchev–Trinajstić information content (AvgIpc) is 2.71. The Morgan fingerprint density at radius 3 is 2.80 bits per heavy atom. The van der Waals surface area contributed by atoms with E-state index in [0.717, 1.165) is 35.9 Å². The van der Waals surface area contributed by atoms with Crippen molar-refractivity contribution in [1.82, 2.24) is 9.88 Å². The van der Waals surface area contributed by atoms with Gasteiger partial charge in [-0.05, 0) is 43.7 Å². The molecule has 1 heterocycles. The van der Waals surface area contributed by atoms with Crippen LogP contribution in [0.25, 0.3) is 10.9 Å². The number of aliphatic hydroxyl groups excluding tert-OH is 1. The fraction of sp³-hybridized carbons (Fsp3) is 0.438. The molecule has 1 aromatic carbocycles. The first-order chi connectivity index (χ1) is 9.63. The van der Waals surface area contributed by atoms with Crippen LogP contribution in [-0.2, 0) is 11.3 Å². The van der Waals surface area contributed by atoms with Gasteiger partial charge >= 0.3 is 0 Å². The summed E-state index contributed by atoms with van der Waals surface area (Å²) in [4.78, 5) is 12.2. The minimum absolute atomic E-state index is 0.0248. The maximum atomic E-state index is 12.2. The van der Waals surface area contributed by atoms with Gasteiger partial charge in [0.2, 0.25) is 5.91 Å². The lowest BCUT2D eigenvalue weighted by Crippen LogP contribution is -2.56. The zero-order chi connectivity index (χ0) is 14.2. The summed E-state index contributed by atoms with van der Waals surface area (Å²) in [6.07, 6.45) is 2.83. The molecule has 4 heteroatoms. The van der Waals surface area contributed by atoms with E-state index in [4.69, 9.17) is 0 Å². The molecule has 1 aliphatic rings. The molecule has 20 heavy (non-hydrogen) atoms. The van der Waals surface area contributed by atoms with Crippen molar-refractivity contribution >= 4 is 16.8 Å². The molecule has 2 N–H and O–H groups in total. The molecule has 1 fully saturated rings. The number of fused-ring (bicyclic) bond motifs is 1. The standard InChI is InChI=1S/C16H20N2O2/c1-12-9-13-5-2-3-6-14(13)18(12)10-15(20)17-16(11-19)7-4-8-16/h2-3,5-6,9,19H,4,7-8,10-11H2,1H3,(H,17,20). The van der Waals surface area contributed by atoms with E-state index in [-0.39, 0.29) is 18.1 Å². The fourth-order valence-corrected chi connectivity index (χ4v) is 2.96. The molecule has 0 spiro atoms. The van der Waals surface area contributed by atoms with Crippen molar-refractivity contribution in [2.75, 3.05) is 6.61 Å². The van der Waals surface area contributed by atoms with Crippen LogP contribution in [0, 0.1) is 6.92 Å². The number of benzene rings is 1. The molecule has 1 aromatic heterocycles. The maximum absolute atomic E-state index is 12.2. The topological polar surface area (TPSA) is 54.3 Å². The predicted molar refractivity (Wildman–Crippen MR) is 78.5 cm³/mol. The third-order valence-electron chi connectivity index (χ3n) is 4.34. The van der Waals surface area contributed by atoms with Gasteiger partial charge < -0.3 is 15.0 Å². The van der Waals surface area contributed by atoms with Crippen LogP contribution >= 0.6 is 0 Å². The van der Waals surface area contributed by atoms with Crippen LogP contribution in [0.1, 0.15) is 25.0 Å². The summed E-state index contributed by atoms with van der Waals surface area (Å²) in [5, 5.41) is 13.6. The van der Waals surface area contributed by atoms with Crippen LogP contribution in [0.15, 0.2) is 30.3 Å². The highest BCUT2D eigenvalue weighted by Gasteiger charge is 2.37. The Balaban J connectivity index is 1.79. The van der Waals surface area contributed by atoms with Crippen molar-refractivity contribution in [1.29, 1.82) is 0 Å². The van der Waals surface area contributed by atoms with Crippen LogP contribution < -0.4 is 5.32 Å². The van der Waals surface area contributed by atoms with Crippen molar-refractivity contribution in [3.05, 3.63) is 36.0 Å². The van der Waals surface area contributed by atoms with Gasteiger partial charge in [0.25, 0.3) is 0 Å². The zero-order valence-electron chi connectivity index (χ0n) is 11.7. The smallest absolute Gasteiger partial charge is 0.240 e. The van der Waals surface area contributed by atoms with Crippen molar-refractivity contribution in [3.8, 4) is 0 Å². The quantitative estimate of drug-likeness (QED) is 0.894. The highest BCUT2D eigenvalue weighted by Crippen LogP contribution is 2.31. The highest BCUT2D eigenvalue weighted by atomic mass is 16.3. The summed E-state index contributed by atoms with van der Waals surface area (Å²) < 4.78 is 2.02. The van der Waals surface area contributed by atoms with E-state index in [2.05, 4.69) is 17.4 Å². The van der Waals surface area contributed by atoms with Crippen LogP contribution in [0.5, 0.6) is 0 Å². The van der Waals surface area contributed by atoms with E-state index >= 15 is 0 Å². The number of carbonyl (C=O) groups is 1. The first kappa shape index (κ1) is 13.2. The Bertz CT molecular complexity index is 635. The Kier molecular flexibility index (Phi) is 3.26. The number of aryl methyl sites for hydroxylation is 1. The van der Waals surface area contributed by atoms with Gasteiger partial charge in [0.15, 0.2) is 0 Å². The van der Waals surface area contributed by atoms with E-state index in [9.17, 15) is 9.90 Å². The Morgan fingerprint density at radius 2 is 2.15 bits per heavy atom. The summed E-state index contributed by atoms with van der Waals surface area (Å²) in [6, 6.07) is 10.2. The zero-order valence-corrected chi connectivity index (χ0v) is 11.7. The number of hydrogen-bond acceptors (Lipinski definition) is 2. The second-order valence-electron chi connectivity index (χ2n) is 5.77. The predicted octanol–water partition coefficient (Wildman–Crippen LogP) is 1.98. The number of nitrogens with zero attached hydrogens (tertiary/aromatic N) is 1. The number of para-hydroxylation sites is 1. The van der Waals surface area contributed by atoms with Gasteiger partial charge in [-0.3, -0.25) is 4.79 Å². The van der Waals surface area contributed by atoms with E-state index < -0.39 is 0 Å². The Labute approximate surface area is 118 Å². The van der Waals surface area contributed by atoms with Crippen molar-refractivity contribution < 1.29 is 9.90 Å². The minimum atomic E-state index is -0.367. The van der Waals surface area contributed by atoms with Gasteiger partial charge in [-0.15, -0.1) is 0 Å². The number of hydrogen-bond donors (Lipinski definition) is 2. The first-order valence-electron chi connectivity index (χ1n) is 7.10. The number of aromatic nitrogens is 1. The Morgan fingerprint density at radius 1 is 1.40 bits per heavy atom. The molecule has 0 unspecified atom stereocenters. The number of nitrogens with one attached hydrogen (secondary N) is 1. The molecular weight excluding hydrogens is 252 g/mol. The van der Waals surface area contributed by atoms with E-state index in [1.807, 2.05) is 29.7 Å². The fourth-order valence-electron chi connectivity index (χ4n) is 2.96. The number of amides is 1. The monoisotopic (exact) mass is 272 g/mol. The normalized spacial score (nSPS) is 16.9. The lowest BCUT2D eigenvalue weighted by molar-refractivity contribution is -0.125. The van der Waals surface area contributed by atoms with Gasteiger partial charge in [-0.1, -0.05) is 18.2 Å². The van der Waals surface area contributed by atoms with Crippen molar-refractivity contribution in [3.63, 3.8) is 0 Å². The largest absolute Gasteiger partial charge is 0.394 e. The molecule has 106 valence electrons. The molecule has 1 aliphatic carbocycles. The molecular formula is C16H20N2O2. The molecule has 0 aliphatic heterocycles. The van der Waals surface area contributed by atoms with Gasteiger partial charge in [-0.25, -0.2) is 0 Å². The Hall–Kier alpha value is -1.81. The summed E-state index contributed by atoms with van der Waals surface area (Å²) in [6.45, 7) is 2.35. The van der Waals surface area contributed by atoms with Crippen molar-refractivity contribution in [2.24, 2.45) is 0 Å². The van der Waals surface area contributed by atoms with E-state index in [1.54, 1.807) is 0 Å². The molecule has 4 nitrogen and oxygen atoms in total. The molecule has 3 rings (SSSR count). The third-order valence-corrected chi connectivity index (χ3v) is 4.34. The average molecular weight is 272 g/mol. The molecule has 0 atom stereocenters. The number of carbonyl (C=O) groups excluding carboxylic acids is 1. The summed E-state index contributed by atoms with van der Waals surface area (Å²) >= 11 is 0. The SMILES string of the molecule is Cc1cc2ccccc2n1CC(=O)NC1(CO)CCC1. The second kappa shape index (κ2) is 4.94. The van der Waals surface area contributed by atoms with Crippen LogP contribution in [0.4, 0.5) is 0 Å². The van der Waals surface area contributed by atoms with Crippen LogP contribution in [0.2, 0.25) is 0 Å². The molecule has 2 aromatic rings. The minimum Gasteiger partial charge on any atom is -0.394 e. The number of aliphatic hydroxyl groups is 1. The van der Waals surface area contributed by atoms with E-state index in [1.165, 1.54) is 0 Å². The summed E-state index contributed by atoms with van der Waals surface area (Å²) in [5.74, 6) is -0.0248. The van der Waals surface area contributed by atoms with Crippen molar-refractivity contribution in [2.45, 2.75) is 38.3 Å². The van der Waals surface area contributed by atoms with Gasteiger partial charge in [-0.2, -0.15) is 0 Å². The lowest BCUT2D eigenvalue weighted by Gasteiger charge is -2.41. The molecule has 1 saturated carbocycles. The second-order valence-corrected chi connectivity index (χ2v) is 5.77. The van der Waals surface area contributed by atoms with Gasteiger partial charge in [0.05, 0.1) is 12.1 Å². The van der Waals surface area contributed by atoms with Gasteiger partial charge in [0, 0.05) is 11.2 Å². The van der Waals surface area contributed by atoms with E-state index in [0.29, 0.717) is 6.54 Å². The molecule has 0 bridgehead atoms. The summed E-state index contributed by atoms with van der Waals surface area (Å²) in [5.41, 5.74) is 1.79. The lowest BCUT2D eigenvalue weighted by atomic mass is 9.77. The van der Waals surface area contributed by atoms with Crippen LogP contribution in [0.3, 0.4) is 0 Å². The molecule has 1 amide bonds. The summed E-state index contributed by atoms with van der Waals surface area (Å²) in [7, 11) is 0. The third kappa shape index (κ3) is 2.20. The number of rotatable bonds is 4. The highest BCUT2D eigenvalue weighted by molar-refractivity contribution is 5.84. The molecule has 0 radical (unpaired) electrons. The maximum Gasteiger partial charge on any atom is 0.240 e. The van der Waals surface area contributed by atoms with Crippen LogP contribution in [-0.4, -0.2) is 27.7 Å². The molecule has 0 saturated heterocycles. The van der Waals surface area contributed by atoms with Gasteiger partial charge in [0.1, 0.15) is 6.54 Å². The first-order valence-corrected chi connectivity index (χ1v) is 7.10.